The second kappa shape index (κ2) is 11.4. The molecule has 2 aromatic rings. The quantitative estimate of drug-likeness (QED) is 0.361. The SMILES string of the molecule is COc1ccc(SC2C(CC(N)=O)C(=O)N2CCCCCCc2ccc(Cl)cc2)cc1. The van der Waals surface area contributed by atoms with Crippen molar-refractivity contribution in [2.75, 3.05) is 13.7 Å². The first kappa shape index (κ1) is 23.5. The molecule has 0 spiro atoms. The van der Waals surface area contributed by atoms with Gasteiger partial charge in [-0.15, -0.1) is 11.8 Å². The Morgan fingerprint density at radius 1 is 1.06 bits per heavy atom. The fourth-order valence-electron chi connectivity index (χ4n) is 3.79. The highest BCUT2D eigenvalue weighted by atomic mass is 35.5. The first-order chi connectivity index (χ1) is 15.0. The molecule has 0 aliphatic carbocycles. The van der Waals surface area contributed by atoms with Gasteiger partial charge in [0.25, 0.3) is 0 Å². The van der Waals surface area contributed by atoms with E-state index in [0.29, 0.717) is 6.54 Å². The molecule has 1 aliphatic heterocycles. The largest absolute Gasteiger partial charge is 0.497 e. The third-order valence-electron chi connectivity index (χ3n) is 5.52. The van der Waals surface area contributed by atoms with E-state index in [9.17, 15) is 9.59 Å². The van der Waals surface area contributed by atoms with Crippen molar-refractivity contribution < 1.29 is 14.3 Å². The van der Waals surface area contributed by atoms with E-state index in [2.05, 4.69) is 12.1 Å². The molecule has 166 valence electrons. The Morgan fingerprint density at radius 2 is 1.74 bits per heavy atom. The van der Waals surface area contributed by atoms with Gasteiger partial charge in [0.2, 0.25) is 11.8 Å². The smallest absolute Gasteiger partial charge is 0.230 e. The third-order valence-corrected chi connectivity index (χ3v) is 7.14. The van der Waals surface area contributed by atoms with Gasteiger partial charge in [-0.05, 0) is 61.2 Å². The number of amides is 2. The molecule has 2 aromatic carbocycles. The number of benzene rings is 2. The van der Waals surface area contributed by atoms with E-state index in [1.165, 1.54) is 5.56 Å². The number of methoxy groups -OCH3 is 1. The predicted molar refractivity (Wildman–Crippen MR) is 125 cm³/mol. The number of primary amides is 1. The molecule has 2 unspecified atom stereocenters. The zero-order valence-corrected chi connectivity index (χ0v) is 19.3. The number of ether oxygens (including phenoxy) is 1. The fourth-order valence-corrected chi connectivity index (χ4v) is 5.20. The number of nitrogens with two attached hydrogens (primary N) is 1. The van der Waals surface area contributed by atoms with Crippen LogP contribution < -0.4 is 10.5 Å². The normalized spacial score (nSPS) is 18.0. The number of hydrogen-bond acceptors (Lipinski definition) is 4. The monoisotopic (exact) mass is 460 g/mol. The molecule has 0 saturated carbocycles. The van der Waals surface area contributed by atoms with Gasteiger partial charge in [0, 0.05) is 22.9 Å². The van der Waals surface area contributed by atoms with E-state index in [0.717, 1.165) is 47.8 Å². The summed E-state index contributed by atoms with van der Waals surface area (Å²) in [6.45, 7) is 0.711. The summed E-state index contributed by atoms with van der Waals surface area (Å²) in [4.78, 5) is 27.0. The van der Waals surface area contributed by atoms with Gasteiger partial charge in [0.15, 0.2) is 0 Å². The Kier molecular flexibility index (Phi) is 8.67. The molecule has 0 bridgehead atoms. The minimum atomic E-state index is -0.430. The van der Waals surface area contributed by atoms with Gasteiger partial charge in [0.1, 0.15) is 5.75 Å². The molecular formula is C24H29ClN2O3S. The van der Waals surface area contributed by atoms with E-state index in [1.807, 2.05) is 41.3 Å². The number of thioether (sulfide) groups is 1. The minimum absolute atomic E-state index is 0.0333. The van der Waals surface area contributed by atoms with Crippen molar-refractivity contribution in [2.24, 2.45) is 11.7 Å². The Morgan fingerprint density at radius 3 is 2.39 bits per heavy atom. The molecule has 1 heterocycles. The molecule has 3 rings (SSSR count). The van der Waals surface area contributed by atoms with Crippen LogP contribution in [0.15, 0.2) is 53.4 Å². The summed E-state index contributed by atoms with van der Waals surface area (Å²) in [5, 5.41) is 0.710. The van der Waals surface area contributed by atoms with Crippen molar-refractivity contribution in [3.05, 3.63) is 59.1 Å². The third kappa shape index (κ3) is 6.65. The van der Waals surface area contributed by atoms with Gasteiger partial charge in [-0.3, -0.25) is 9.59 Å². The van der Waals surface area contributed by atoms with Gasteiger partial charge in [0.05, 0.1) is 18.4 Å². The fraction of sp³-hybridized carbons (Fsp3) is 0.417. The van der Waals surface area contributed by atoms with Crippen LogP contribution in [-0.2, 0) is 16.0 Å². The van der Waals surface area contributed by atoms with Crippen LogP contribution in [0.5, 0.6) is 5.75 Å². The Bertz CT molecular complexity index is 873. The number of carbonyl (C=O) groups excluding carboxylic acids is 2. The summed E-state index contributed by atoms with van der Waals surface area (Å²) in [5.74, 6) is 0.0548. The van der Waals surface area contributed by atoms with E-state index in [-0.39, 0.29) is 23.6 Å². The molecule has 0 radical (unpaired) electrons. The van der Waals surface area contributed by atoms with Crippen molar-refractivity contribution >= 4 is 35.2 Å². The van der Waals surface area contributed by atoms with Crippen LogP contribution in [0, 0.1) is 5.92 Å². The highest BCUT2D eigenvalue weighted by molar-refractivity contribution is 8.00. The molecule has 2 amide bonds. The van der Waals surface area contributed by atoms with Crippen LogP contribution in [0.25, 0.3) is 0 Å². The summed E-state index contributed by atoms with van der Waals surface area (Å²) in [5.41, 5.74) is 6.67. The Hall–Kier alpha value is -2.18. The number of hydrogen-bond donors (Lipinski definition) is 1. The van der Waals surface area contributed by atoms with E-state index < -0.39 is 5.91 Å². The lowest BCUT2D eigenvalue weighted by atomic mass is 9.93. The summed E-state index contributed by atoms with van der Waals surface area (Å²) in [6.07, 6.45) is 5.39. The number of β-lactam (4-membered cyclic amide) rings is 1. The van der Waals surface area contributed by atoms with Gasteiger partial charge in [-0.25, -0.2) is 0 Å². The lowest BCUT2D eigenvalue weighted by molar-refractivity contribution is -0.152. The first-order valence-corrected chi connectivity index (χ1v) is 11.9. The van der Waals surface area contributed by atoms with Crippen molar-refractivity contribution in [3.8, 4) is 5.75 Å². The summed E-state index contributed by atoms with van der Waals surface area (Å²) < 4.78 is 5.20. The summed E-state index contributed by atoms with van der Waals surface area (Å²) >= 11 is 7.53. The Labute approximate surface area is 193 Å². The lowest BCUT2D eigenvalue weighted by Gasteiger charge is -2.46. The van der Waals surface area contributed by atoms with Gasteiger partial charge in [-0.2, -0.15) is 0 Å². The van der Waals surface area contributed by atoms with Crippen LogP contribution in [0.3, 0.4) is 0 Å². The maximum atomic E-state index is 12.6. The number of nitrogens with zero attached hydrogens (tertiary/aromatic N) is 1. The van der Waals surface area contributed by atoms with E-state index >= 15 is 0 Å². The van der Waals surface area contributed by atoms with Gasteiger partial charge in [-0.1, -0.05) is 36.6 Å². The average Bonchev–Trinajstić information content (AvgIpc) is 2.77. The number of aryl methyl sites for hydroxylation is 1. The van der Waals surface area contributed by atoms with Crippen molar-refractivity contribution in [3.63, 3.8) is 0 Å². The second-order valence-electron chi connectivity index (χ2n) is 7.78. The maximum absolute atomic E-state index is 12.6. The maximum Gasteiger partial charge on any atom is 0.230 e. The number of unbranched alkanes of at least 4 members (excludes halogenated alkanes) is 3. The molecular weight excluding hydrogens is 432 g/mol. The molecule has 5 nitrogen and oxygen atoms in total. The predicted octanol–water partition coefficient (Wildman–Crippen LogP) is 4.90. The minimum Gasteiger partial charge on any atom is -0.497 e. The molecule has 2 atom stereocenters. The average molecular weight is 461 g/mol. The van der Waals surface area contributed by atoms with Crippen molar-refractivity contribution in [2.45, 2.75) is 48.8 Å². The first-order valence-electron chi connectivity index (χ1n) is 10.6. The molecule has 7 heteroatoms. The molecule has 31 heavy (non-hydrogen) atoms. The number of likely N-dealkylation sites (tertiary alicyclic amines) is 1. The summed E-state index contributed by atoms with van der Waals surface area (Å²) in [6, 6.07) is 15.7. The van der Waals surface area contributed by atoms with Crippen LogP contribution in [0.4, 0.5) is 0 Å². The Balaban J connectivity index is 1.46. The number of carbonyl (C=O) groups is 2. The molecule has 1 fully saturated rings. The summed E-state index contributed by atoms with van der Waals surface area (Å²) in [7, 11) is 1.63. The van der Waals surface area contributed by atoms with Crippen molar-refractivity contribution in [1.29, 1.82) is 0 Å². The van der Waals surface area contributed by atoms with Gasteiger partial charge < -0.3 is 15.4 Å². The van der Waals surface area contributed by atoms with Crippen LogP contribution >= 0.6 is 23.4 Å². The number of halogens is 1. The second-order valence-corrected chi connectivity index (χ2v) is 9.41. The van der Waals surface area contributed by atoms with E-state index in [1.54, 1.807) is 18.9 Å². The molecule has 2 N–H and O–H groups in total. The van der Waals surface area contributed by atoms with E-state index in [4.69, 9.17) is 22.1 Å². The number of rotatable bonds is 12. The van der Waals surface area contributed by atoms with Crippen LogP contribution in [0.1, 0.15) is 37.7 Å². The zero-order valence-electron chi connectivity index (χ0n) is 17.8. The zero-order chi connectivity index (χ0) is 22.2. The van der Waals surface area contributed by atoms with Gasteiger partial charge >= 0.3 is 0 Å². The topological polar surface area (TPSA) is 72.6 Å². The van der Waals surface area contributed by atoms with Crippen molar-refractivity contribution in [1.82, 2.24) is 4.90 Å². The highest BCUT2D eigenvalue weighted by Crippen LogP contribution is 2.41. The lowest BCUT2D eigenvalue weighted by Crippen LogP contribution is -2.60. The van der Waals surface area contributed by atoms with Crippen LogP contribution in [0.2, 0.25) is 5.02 Å². The molecule has 0 aromatic heterocycles. The molecule has 1 aliphatic rings. The van der Waals surface area contributed by atoms with Crippen LogP contribution in [-0.4, -0.2) is 35.7 Å². The standard InChI is InChI=1S/C24H29ClN2O3S/c1-30-19-11-13-20(14-12-19)31-24-21(16-22(26)28)23(29)27(24)15-5-3-2-4-6-17-7-9-18(25)10-8-17/h7-14,21,24H,2-6,15-16H2,1H3,(H2,26,28). The molecule has 1 saturated heterocycles. The highest BCUT2D eigenvalue weighted by Gasteiger charge is 2.47.